The summed E-state index contributed by atoms with van der Waals surface area (Å²) in [6, 6.07) is 9.51. The summed E-state index contributed by atoms with van der Waals surface area (Å²) in [5.74, 6) is 0. The van der Waals surface area contributed by atoms with Gasteiger partial charge in [0.05, 0.1) is 12.1 Å². The SMILES string of the molecule is CC(C)(C)N(C(=O)O)[C@@H](Cc1ccccc1)[C@@H](O)CNC1CCOCC1. The Morgan fingerprint density at radius 2 is 1.88 bits per heavy atom. The fraction of sp³-hybridized carbons (Fsp3) is 0.650. The van der Waals surface area contributed by atoms with Gasteiger partial charge in [-0.05, 0) is 45.6 Å². The standard InChI is InChI=1S/C20H32N2O4/c1-20(2,3)22(19(24)25)17(13-15-7-5-4-6-8-15)18(23)14-21-16-9-11-26-12-10-16/h4-8,16-18,21,23H,9-14H2,1-3H3,(H,24,25)/t17-,18-/m0/s1. The number of aliphatic hydroxyl groups excluding tert-OH is 1. The number of hydrogen-bond acceptors (Lipinski definition) is 4. The Morgan fingerprint density at radius 1 is 1.27 bits per heavy atom. The maximum Gasteiger partial charge on any atom is 0.408 e. The molecule has 0 unspecified atom stereocenters. The number of ether oxygens (including phenoxy) is 1. The summed E-state index contributed by atoms with van der Waals surface area (Å²) < 4.78 is 5.36. The zero-order chi connectivity index (χ0) is 19.2. The molecule has 0 radical (unpaired) electrons. The van der Waals surface area contributed by atoms with Crippen LogP contribution in [0.5, 0.6) is 0 Å². The van der Waals surface area contributed by atoms with E-state index in [2.05, 4.69) is 5.32 Å². The predicted molar refractivity (Wildman–Crippen MR) is 101 cm³/mol. The van der Waals surface area contributed by atoms with E-state index in [0.717, 1.165) is 31.6 Å². The zero-order valence-corrected chi connectivity index (χ0v) is 16.0. The van der Waals surface area contributed by atoms with Crippen molar-refractivity contribution in [1.29, 1.82) is 0 Å². The molecule has 6 nitrogen and oxygen atoms in total. The molecule has 0 aromatic heterocycles. The van der Waals surface area contributed by atoms with Crippen LogP contribution in [0.4, 0.5) is 4.79 Å². The van der Waals surface area contributed by atoms with Crippen LogP contribution in [0.25, 0.3) is 0 Å². The maximum absolute atomic E-state index is 12.0. The van der Waals surface area contributed by atoms with Gasteiger partial charge in [0.1, 0.15) is 0 Å². The van der Waals surface area contributed by atoms with Crippen molar-refractivity contribution in [3.05, 3.63) is 35.9 Å². The van der Waals surface area contributed by atoms with Crippen LogP contribution in [0.15, 0.2) is 30.3 Å². The van der Waals surface area contributed by atoms with Crippen molar-refractivity contribution < 1.29 is 19.7 Å². The van der Waals surface area contributed by atoms with E-state index in [9.17, 15) is 15.0 Å². The topological polar surface area (TPSA) is 82.0 Å². The molecule has 0 saturated carbocycles. The quantitative estimate of drug-likeness (QED) is 0.692. The Kier molecular flexibility index (Phi) is 7.43. The van der Waals surface area contributed by atoms with Gasteiger partial charge in [0, 0.05) is 31.3 Å². The van der Waals surface area contributed by atoms with Gasteiger partial charge in [-0.3, -0.25) is 4.90 Å². The van der Waals surface area contributed by atoms with E-state index in [1.807, 2.05) is 51.1 Å². The van der Waals surface area contributed by atoms with Gasteiger partial charge in [-0.25, -0.2) is 4.79 Å². The normalized spacial score (nSPS) is 18.3. The van der Waals surface area contributed by atoms with Crippen molar-refractivity contribution in [2.45, 2.75) is 63.8 Å². The van der Waals surface area contributed by atoms with Gasteiger partial charge in [-0.1, -0.05) is 30.3 Å². The largest absolute Gasteiger partial charge is 0.465 e. The molecule has 1 aromatic carbocycles. The zero-order valence-electron chi connectivity index (χ0n) is 16.0. The van der Waals surface area contributed by atoms with Gasteiger partial charge < -0.3 is 20.3 Å². The number of carbonyl (C=O) groups is 1. The van der Waals surface area contributed by atoms with Gasteiger partial charge in [-0.2, -0.15) is 0 Å². The van der Waals surface area contributed by atoms with Crippen LogP contribution in [0.1, 0.15) is 39.2 Å². The summed E-state index contributed by atoms with van der Waals surface area (Å²) in [4.78, 5) is 13.4. The number of nitrogens with zero attached hydrogens (tertiary/aromatic N) is 1. The first kappa shape index (κ1) is 20.7. The molecule has 1 heterocycles. The molecule has 0 spiro atoms. The van der Waals surface area contributed by atoms with Crippen LogP contribution < -0.4 is 5.32 Å². The molecule has 0 bridgehead atoms. The number of carboxylic acid groups (broad SMARTS) is 1. The van der Waals surface area contributed by atoms with Crippen LogP contribution in [0.3, 0.4) is 0 Å². The second-order valence-electron chi connectivity index (χ2n) is 7.94. The number of benzene rings is 1. The average Bonchev–Trinajstić information content (AvgIpc) is 2.59. The molecule has 6 heteroatoms. The van der Waals surface area contributed by atoms with Crippen LogP contribution >= 0.6 is 0 Å². The van der Waals surface area contributed by atoms with Crippen LogP contribution in [-0.4, -0.2) is 64.7 Å². The Balaban J connectivity index is 2.13. The lowest BCUT2D eigenvalue weighted by atomic mass is 9.94. The molecule has 3 N–H and O–H groups in total. The predicted octanol–water partition coefficient (Wildman–Crippen LogP) is 2.51. The van der Waals surface area contributed by atoms with Crippen LogP contribution in [0, 0.1) is 0 Å². The molecule has 1 aliphatic rings. The highest BCUT2D eigenvalue weighted by Crippen LogP contribution is 2.23. The van der Waals surface area contributed by atoms with E-state index in [1.165, 1.54) is 4.90 Å². The molecule has 1 saturated heterocycles. The van der Waals surface area contributed by atoms with Gasteiger partial charge in [0.25, 0.3) is 0 Å². The van der Waals surface area contributed by atoms with Gasteiger partial charge in [0.15, 0.2) is 0 Å². The number of nitrogens with one attached hydrogen (secondary N) is 1. The minimum Gasteiger partial charge on any atom is -0.465 e. The third-order valence-corrected chi connectivity index (χ3v) is 4.83. The summed E-state index contributed by atoms with van der Waals surface area (Å²) in [5, 5.41) is 24.1. The monoisotopic (exact) mass is 364 g/mol. The molecule has 0 aliphatic carbocycles. The Bertz CT molecular complexity index is 553. The van der Waals surface area contributed by atoms with Crippen molar-refractivity contribution in [1.82, 2.24) is 10.2 Å². The summed E-state index contributed by atoms with van der Waals surface area (Å²) in [6.45, 7) is 7.39. The Morgan fingerprint density at radius 3 is 2.42 bits per heavy atom. The Labute approximate surface area is 156 Å². The third-order valence-electron chi connectivity index (χ3n) is 4.83. The lowest BCUT2D eigenvalue weighted by Crippen LogP contribution is -2.58. The van der Waals surface area contributed by atoms with E-state index < -0.39 is 23.8 Å². The van der Waals surface area contributed by atoms with Crippen molar-refractivity contribution in [3.8, 4) is 0 Å². The highest BCUT2D eigenvalue weighted by Gasteiger charge is 2.37. The number of aliphatic hydroxyl groups is 1. The van der Waals surface area contributed by atoms with Crippen molar-refractivity contribution in [2.75, 3.05) is 19.8 Å². The van der Waals surface area contributed by atoms with E-state index >= 15 is 0 Å². The third kappa shape index (κ3) is 5.97. The van der Waals surface area contributed by atoms with Gasteiger partial charge in [0.2, 0.25) is 0 Å². The first-order valence-electron chi connectivity index (χ1n) is 9.34. The van der Waals surface area contributed by atoms with E-state index in [1.54, 1.807) is 0 Å². The molecule has 146 valence electrons. The number of hydrogen-bond donors (Lipinski definition) is 3. The van der Waals surface area contributed by atoms with Gasteiger partial charge >= 0.3 is 6.09 Å². The van der Waals surface area contributed by atoms with E-state index in [-0.39, 0.29) is 0 Å². The molecule has 1 amide bonds. The fourth-order valence-corrected chi connectivity index (χ4v) is 3.51. The van der Waals surface area contributed by atoms with Crippen molar-refractivity contribution in [2.24, 2.45) is 0 Å². The summed E-state index contributed by atoms with van der Waals surface area (Å²) in [7, 11) is 0. The lowest BCUT2D eigenvalue weighted by molar-refractivity contribution is 0.00432. The average molecular weight is 364 g/mol. The molecular formula is C20H32N2O4. The van der Waals surface area contributed by atoms with E-state index in [4.69, 9.17) is 4.74 Å². The van der Waals surface area contributed by atoms with Crippen molar-refractivity contribution in [3.63, 3.8) is 0 Å². The number of rotatable bonds is 7. The molecule has 2 atom stereocenters. The minimum absolute atomic E-state index is 0.309. The molecule has 2 rings (SSSR count). The molecular weight excluding hydrogens is 332 g/mol. The lowest BCUT2D eigenvalue weighted by Gasteiger charge is -2.42. The van der Waals surface area contributed by atoms with Gasteiger partial charge in [-0.15, -0.1) is 0 Å². The Hall–Kier alpha value is -1.63. The second-order valence-corrected chi connectivity index (χ2v) is 7.94. The maximum atomic E-state index is 12.0. The highest BCUT2D eigenvalue weighted by molar-refractivity contribution is 5.66. The fourth-order valence-electron chi connectivity index (χ4n) is 3.51. The number of amides is 1. The molecule has 26 heavy (non-hydrogen) atoms. The van der Waals surface area contributed by atoms with Crippen LogP contribution in [-0.2, 0) is 11.2 Å². The highest BCUT2D eigenvalue weighted by atomic mass is 16.5. The smallest absolute Gasteiger partial charge is 0.408 e. The van der Waals surface area contributed by atoms with E-state index in [0.29, 0.717) is 19.0 Å². The molecule has 1 aromatic rings. The summed E-state index contributed by atoms with van der Waals surface area (Å²) >= 11 is 0. The second kappa shape index (κ2) is 9.35. The molecule has 1 fully saturated rings. The first-order valence-corrected chi connectivity index (χ1v) is 9.34. The summed E-state index contributed by atoms with van der Waals surface area (Å²) in [6.07, 6.45) is 0.494. The molecule has 1 aliphatic heterocycles. The summed E-state index contributed by atoms with van der Waals surface area (Å²) in [5.41, 5.74) is 0.406. The first-order chi connectivity index (χ1) is 12.3. The van der Waals surface area contributed by atoms with Crippen LogP contribution in [0.2, 0.25) is 0 Å². The van der Waals surface area contributed by atoms with Crippen molar-refractivity contribution >= 4 is 6.09 Å². The minimum atomic E-state index is -1.01.